The smallest absolute Gasteiger partial charge is 0.405 e. The lowest BCUT2D eigenvalue weighted by molar-refractivity contribution is -0.742. The largest absolute Gasteiger partial charge is 0.458 e. The molecule has 0 aromatic heterocycles. The van der Waals surface area contributed by atoms with Crippen LogP contribution in [0.25, 0.3) is 0 Å². The zero-order chi connectivity index (χ0) is 21.6. The summed E-state index contributed by atoms with van der Waals surface area (Å²) in [6.07, 6.45) is 2.41. The summed E-state index contributed by atoms with van der Waals surface area (Å²) in [5.74, 6) is -0.926. The maximum absolute atomic E-state index is 12.5. The first-order valence-corrected chi connectivity index (χ1v) is 10.8. The molecule has 0 amide bonds. The van der Waals surface area contributed by atoms with Gasteiger partial charge in [-0.05, 0) is 43.9 Å². The van der Waals surface area contributed by atoms with E-state index in [4.69, 9.17) is 19.0 Å². The van der Waals surface area contributed by atoms with Crippen molar-refractivity contribution in [3.05, 3.63) is 5.21 Å². The van der Waals surface area contributed by atoms with Crippen molar-refractivity contribution in [3.8, 4) is 0 Å². The Labute approximate surface area is 173 Å². The normalized spacial score (nSPS) is 30.7. The molecule has 2 rings (SSSR count). The van der Waals surface area contributed by atoms with Crippen molar-refractivity contribution in [2.75, 3.05) is 13.2 Å². The van der Waals surface area contributed by atoms with Gasteiger partial charge < -0.3 is 19.0 Å². The molecule has 5 atom stereocenters. The van der Waals surface area contributed by atoms with Crippen LogP contribution >= 0.6 is 0 Å². The third kappa shape index (κ3) is 6.07. The Kier molecular flexibility index (Phi) is 8.74. The predicted molar refractivity (Wildman–Crippen MR) is 106 cm³/mol. The molecule has 2 aliphatic rings. The number of carbonyl (C=O) groups is 2. The number of ether oxygens (including phenoxy) is 3. The molecule has 2 fully saturated rings. The van der Waals surface area contributed by atoms with Crippen LogP contribution in [0.5, 0.6) is 0 Å². The molecule has 1 saturated carbocycles. The highest BCUT2D eigenvalue weighted by Crippen LogP contribution is 2.38. The summed E-state index contributed by atoms with van der Waals surface area (Å²) >= 11 is 0. The Hall–Kier alpha value is -1.83. The van der Waals surface area contributed by atoms with E-state index in [0.717, 1.165) is 19.3 Å². The maximum Gasteiger partial charge on any atom is 0.405 e. The van der Waals surface area contributed by atoms with E-state index in [2.05, 4.69) is 20.8 Å². The van der Waals surface area contributed by atoms with Gasteiger partial charge in [-0.25, -0.2) is 4.79 Å². The molecule has 0 N–H and O–H groups in total. The van der Waals surface area contributed by atoms with Gasteiger partial charge in [-0.1, -0.05) is 34.1 Å². The minimum atomic E-state index is -1.000. The lowest BCUT2D eigenvalue weighted by atomic mass is 9.75. The number of rotatable bonds is 9. The van der Waals surface area contributed by atoms with Gasteiger partial charge in [0.25, 0.3) is 0 Å². The monoisotopic (exact) mass is 413 g/mol. The van der Waals surface area contributed by atoms with E-state index in [1.54, 1.807) is 6.92 Å². The summed E-state index contributed by atoms with van der Waals surface area (Å²) in [5, 5.41) is 12.5. The van der Waals surface area contributed by atoms with E-state index in [-0.39, 0.29) is 36.4 Å². The number of cyclic esters (lactones) is 1. The van der Waals surface area contributed by atoms with Crippen LogP contribution in [0.3, 0.4) is 0 Å². The molecule has 8 nitrogen and oxygen atoms in total. The highest BCUT2D eigenvalue weighted by molar-refractivity contribution is 6.35. The molecule has 0 aromatic rings. The minimum Gasteiger partial charge on any atom is -0.458 e. The van der Waals surface area contributed by atoms with Gasteiger partial charge in [0.2, 0.25) is 6.29 Å². The zero-order valence-electron chi connectivity index (χ0n) is 18.2. The average Bonchev–Trinajstić information content (AvgIpc) is 3.00. The lowest BCUT2D eigenvalue weighted by Crippen LogP contribution is -2.43. The molecule has 1 saturated heterocycles. The molecular weight excluding hydrogens is 378 g/mol. The summed E-state index contributed by atoms with van der Waals surface area (Å²) < 4.78 is 16.7. The second-order valence-corrected chi connectivity index (χ2v) is 8.37. The van der Waals surface area contributed by atoms with E-state index in [9.17, 15) is 14.8 Å². The Balaban J connectivity index is 2.27. The quantitative estimate of drug-likeness (QED) is 0.248. The second-order valence-electron chi connectivity index (χ2n) is 8.37. The van der Waals surface area contributed by atoms with Crippen LogP contribution in [0.2, 0.25) is 0 Å². The fourth-order valence-electron chi connectivity index (χ4n) is 4.14. The molecule has 0 bridgehead atoms. The molecular formula is C21H35NO7. The van der Waals surface area contributed by atoms with Gasteiger partial charge in [-0.3, -0.25) is 10.0 Å². The van der Waals surface area contributed by atoms with Gasteiger partial charge in [-0.2, -0.15) is 0 Å². The van der Waals surface area contributed by atoms with Crippen LogP contribution in [-0.4, -0.2) is 48.2 Å². The predicted octanol–water partition coefficient (Wildman–Crippen LogP) is 3.21. The minimum absolute atomic E-state index is 0.0998. The molecule has 0 radical (unpaired) electrons. The number of esters is 2. The van der Waals surface area contributed by atoms with Crippen LogP contribution < -0.4 is 0 Å². The Morgan fingerprint density at radius 1 is 1.31 bits per heavy atom. The maximum atomic E-state index is 12.5. The molecule has 29 heavy (non-hydrogen) atoms. The van der Waals surface area contributed by atoms with E-state index >= 15 is 0 Å². The Bertz CT molecular complexity index is 604. The first-order chi connectivity index (χ1) is 13.8. The highest BCUT2D eigenvalue weighted by Gasteiger charge is 2.50. The van der Waals surface area contributed by atoms with Crippen molar-refractivity contribution in [3.63, 3.8) is 0 Å². The summed E-state index contributed by atoms with van der Waals surface area (Å²) in [5.41, 5.74) is -0.277. The van der Waals surface area contributed by atoms with E-state index in [1.807, 2.05) is 6.92 Å². The lowest BCUT2D eigenvalue weighted by Gasteiger charge is -2.38. The van der Waals surface area contributed by atoms with Gasteiger partial charge in [0.05, 0.1) is 25.7 Å². The first kappa shape index (κ1) is 23.4. The van der Waals surface area contributed by atoms with Gasteiger partial charge in [0, 0.05) is 4.90 Å². The van der Waals surface area contributed by atoms with E-state index in [1.165, 1.54) is 0 Å². The molecule has 1 heterocycles. The summed E-state index contributed by atoms with van der Waals surface area (Å²) in [6, 6.07) is 0. The molecule has 0 spiro atoms. The SMILES string of the molecule is CCCO/[N+]([O-])=C(\C(=O)OCC)[C@H]1CC(=O)O[C@H]1O[C@H]1C[C@@H](C)CC[C@@H]1C(C)C. The van der Waals surface area contributed by atoms with Gasteiger partial charge >= 0.3 is 17.7 Å². The molecule has 166 valence electrons. The van der Waals surface area contributed by atoms with Crippen LogP contribution in [0.15, 0.2) is 0 Å². The van der Waals surface area contributed by atoms with Crippen molar-refractivity contribution < 1.29 is 33.5 Å². The van der Waals surface area contributed by atoms with Crippen LogP contribution in [-0.2, 0) is 28.6 Å². The standard InChI is InChI=1S/C21H35NO7/c1-6-10-27-22(25)19(20(24)26-7-2)16-12-18(23)29-21(16)28-17-11-14(5)8-9-15(17)13(3)4/h13-17,21H,6-12H2,1-5H3/b22-19-/t14-,15+,16+,17-,21+/m0/s1. The Morgan fingerprint density at radius 2 is 2.03 bits per heavy atom. The van der Waals surface area contributed by atoms with Gasteiger partial charge in [0.1, 0.15) is 5.92 Å². The van der Waals surface area contributed by atoms with Crippen molar-refractivity contribution in [2.24, 2.45) is 23.7 Å². The van der Waals surface area contributed by atoms with Crippen LogP contribution in [0.4, 0.5) is 0 Å². The Morgan fingerprint density at radius 3 is 2.66 bits per heavy atom. The average molecular weight is 414 g/mol. The number of carbonyl (C=O) groups excluding carboxylic acids is 2. The molecule has 1 aliphatic carbocycles. The topological polar surface area (TPSA) is 97.1 Å². The summed E-state index contributed by atoms with van der Waals surface area (Å²) in [6.45, 7) is 10.2. The molecule has 0 aromatic carbocycles. The van der Waals surface area contributed by atoms with Crippen molar-refractivity contribution in [1.82, 2.24) is 0 Å². The fraction of sp³-hybridized carbons (Fsp3) is 0.857. The highest BCUT2D eigenvalue weighted by atomic mass is 16.9. The second kappa shape index (κ2) is 10.8. The summed E-state index contributed by atoms with van der Waals surface area (Å²) in [4.78, 5) is 29.9. The third-order valence-corrected chi connectivity index (χ3v) is 5.68. The third-order valence-electron chi connectivity index (χ3n) is 5.68. The molecule has 8 heteroatoms. The van der Waals surface area contributed by atoms with Crippen LogP contribution in [0, 0.1) is 28.9 Å². The first-order valence-electron chi connectivity index (χ1n) is 10.8. The number of nitrogens with zero attached hydrogens (tertiary/aromatic N) is 1. The van der Waals surface area contributed by atoms with E-state index < -0.39 is 24.1 Å². The van der Waals surface area contributed by atoms with E-state index in [0.29, 0.717) is 24.2 Å². The van der Waals surface area contributed by atoms with Gasteiger partial charge in [0.15, 0.2) is 0 Å². The zero-order valence-corrected chi connectivity index (χ0v) is 18.2. The van der Waals surface area contributed by atoms with Gasteiger partial charge in [-0.15, -0.1) is 0 Å². The van der Waals surface area contributed by atoms with Crippen molar-refractivity contribution in [2.45, 2.75) is 79.1 Å². The molecule has 0 unspecified atom stereocenters. The van der Waals surface area contributed by atoms with Crippen LogP contribution in [0.1, 0.15) is 66.7 Å². The van der Waals surface area contributed by atoms with Crippen molar-refractivity contribution >= 4 is 17.7 Å². The molecule has 1 aliphatic heterocycles. The number of hydrogen-bond acceptors (Lipinski definition) is 7. The summed E-state index contributed by atoms with van der Waals surface area (Å²) in [7, 11) is 0. The van der Waals surface area contributed by atoms with Crippen molar-refractivity contribution in [1.29, 1.82) is 0 Å². The number of hydrogen-bond donors (Lipinski definition) is 0. The fourth-order valence-corrected chi connectivity index (χ4v) is 4.14.